The quantitative estimate of drug-likeness (QED) is 0.567. The van der Waals surface area contributed by atoms with Gasteiger partial charge in [-0.05, 0) is 68.9 Å². The molecule has 188 valence electrons. The van der Waals surface area contributed by atoms with Crippen LogP contribution in [0, 0.1) is 6.92 Å². The Bertz CT molecular complexity index is 1210. The number of amides is 1. The lowest BCUT2D eigenvalue weighted by Gasteiger charge is -2.22. The number of aromatic nitrogens is 1. The van der Waals surface area contributed by atoms with Gasteiger partial charge in [0.2, 0.25) is 0 Å². The number of aliphatic hydroxyl groups excluding tert-OH is 1. The van der Waals surface area contributed by atoms with E-state index >= 15 is 0 Å². The molecule has 1 atom stereocenters. The minimum absolute atomic E-state index is 0.125. The summed E-state index contributed by atoms with van der Waals surface area (Å²) in [6.45, 7) is 2.90. The minimum Gasteiger partial charge on any atom is -0.487 e. The highest BCUT2D eigenvalue weighted by Gasteiger charge is 2.54. The molecule has 2 aromatic rings. The molecule has 1 aromatic heterocycles. The van der Waals surface area contributed by atoms with Crippen LogP contribution in [0.15, 0.2) is 41.4 Å². The van der Waals surface area contributed by atoms with Gasteiger partial charge in [-0.2, -0.15) is 8.42 Å². The van der Waals surface area contributed by atoms with Crippen LogP contribution in [0.5, 0.6) is 11.5 Å². The number of carbonyl (C=O) groups excluding carboxylic acids is 1. The molecule has 1 saturated heterocycles. The molecule has 0 unspecified atom stereocenters. The summed E-state index contributed by atoms with van der Waals surface area (Å²) in [5.41, 5.74) is -0.304. The molecule has 2 heterocycles. The van der Waals surface area contributed by atoms with Crippen molar-refractivity contribution < 1.29 is 27.8 Å². The predicted molar refractivity (Wildman–Crippen MR) is 129 cm³/mol. The number of nitrogens with one attached hydrogen (secondary N) is 1. The number of nitrogens with zero attached hydrogens (tertiary/aromatic N) is 2. The molecule has 2 aliphatic carbocycles. The molecule has 5 rings (SSSR count). The summed E-state index contributed by atoms with van der Waals surface area (Å²) in [4.78, 5) is 19.2. The van der Waals surface area contributed by atoms with Crippen molar-refractivity contribution >= 4 is 21.7 Å². The molecule has 35 heavy (non-hydrogen) atoms. The second-order valence-electron chi connectivity index (χ2n) is 9.73. The summed E-state index contributed by atoms with van der Waals surface area (Å²) in [7, 11) is -4.21. The number of benzene rings is 1. The highest BCUT2D eigenvalue weighted by Crippen LogP contribution is 2.44. The Labute approximate surface area is 205 Å². The predicted octanol–water partition coefficient (Wildman–Crippen LogP) is 2.70. The summed E-state index contributed by atoms with van der Waals surface area (Å²) in [5, 5.41) is 9.53. The van der Waals surface area contributed by atoms with E-state index in [0.717, 1.165) is 31.2 Å². The highest BCUT2D eigenvalue weighted by molar-refractivity contribution is 7.90. The van der Waals surface area contributed by atoms with Crippen molar-refractivity contribution in [2.24, 2.45) is 0 Å². The van der Waals surface area contributed by atoms with Gasteiger partial charge in [0, 0.05) is 25.9 Å². The van der Waals surface area contributed by atoms with Gasteiger partial charge >= 0.3 is 0 Å². The second-order valence-corrected chi connectivity index (χ2v) is 11.4. The molecule has 0 radical (unpaired) electrons. The molecule has 10 heteroatoms. The number of rotatable bonds is 8. The summed E-state index contributed by atoms with van der Waals surface area (Å²) in [6, 6.07) is 10.2. The highest BCUT2D eigenvalue weighted by atomic mass is 32.2. The number of carbonyl (C=O) groups is 1. The fourth-order valence-corrected chi connectivity index (χ4v) is 5.63. The number of β-amino-alcohol motifs (C(OH)–C–C–N with tert-alkyl or cyclic N) is 1. The van der Waals surface area contributed by atoms with Crippen LogP contribution >= 0.6 is 0 Å². The number of pyridine rings is 1. The van der Waals surface area contributed by atoms with Crippen LogP contribution in [0.25, 0.3) is 0 Å². The van der Waals surface area contributed by atoms with Crippen LogP contribution in [0.2, 0.25) is 0 Å². The lowest BCUT2D eigenvalue weighted by Crippen LogP contribution is -2.43. The van der Waals surface area contributed by atoms with E-state index < -0.39 is 27.6 Å². The molecule has 3 aliphatic rings. The van der Waals surface area contributed by atoms with Crippen molar-refractivity contribution in [3.05, 3.63) is 42.0 Å². The van der Waals surface area contributed by atoms with Gasteiger partial charge in [0.15, 0.2) is 22.1 Å². The first kappa shape index (κ1) is 23.9. The SMILES string of the molecule is Cc1ccc(OC2CCCC2)c(OC2(C(=O)NS(=O)(=O)c3cccc(N4CC[C@H](O)C4)n3)CC2)c1. The molecule has 1 aromatic carbocycles. The van der Waals surface area contributed by atoms with Gasteiger partial charge in [0.05, 0.1) is 12.2 Å². The monoisotopic (exact) mass is 501 g/mol. The van der Waals surface area contributed by atoms with Gasteiger partial charge in [0.1, 0.15) is 5.82 Å². The number of aliphatic hydroxyl groups is 1. The first-order valence-electron chi connectivity index (χ1n) is 12.2. The maximum absolute atomic E-state index is 13.1. The van der Waals surface area contributed by atoms with E-state index in [1.807, 2.05) is 30.0 Å². The van der Waals surface area contributed by atoms with Crippen LogP contribution in [0.1, 0.15) is 50.5 Å². The molecule has 1 aliphatic heterocycles. The number of sulfonamides is 1. The number of ether oxygens (including phenoxy) is 2. The zero-order valence-corrected chi connectivity index (χ0v) is 20.6. The molecule has 1 amide bonds. The second kappa shape index (κ2) is 9.31. The van der Waals surface area contributed by atoms with E-state index in [1.54, 1.807) is 12.1 Å². The van der Waals surface area contributed by atoms with E-state index in [-0.39, 0.29) is 11.1 Å². The fraction of sp³-hybridized carbons (Fsp3) is 0.520. The molecule has 2 N–H and O–H groups in total. The molecule has 3 fully saturated rings. The van der Waals surface area contributed by atoms with Crippen LogP contribution < -0.4 is 19.1 Å². The third-order valence-electron chi connectivity index (χ3n) is 6.82. The van der Waals surface area contributed by atoms with E-state index in [9.17, 15) is 18.3 Å². The zero-order chi connectivity index (χ0) is 24.6. The summed E-state index contributed by atoms with van der Waals surface area (Å²) < 4.78 is 40.5. The van der Waals surface area contributed by atoms with Crippen molar-refractivity contribution in [2.75, 3.05) is 18.0 Å². The summed E-state index contributed by atoms with van der Waals surface area (Å²) in [5.74, 6) is 0.763. The Morgan fingerprint density at radius 2 is 1.91 bits per heavy atom. The molecular formula is C25H31N3O6S. The minimum atomic E-state index is -4.21. The van der Waals surface area contributed by atoms with E-state index in [2.05, 4.69) is 9.71 Å². The molecule has 2 saturated carbocycles. The molecule has 0 spiro atoms. The first-order chi connectivity index (χ1) is 16.7. The van der Waals surface area contributed by atoms with Gasteiger partial charge in [-0.3, -0.25) is 4.79 Å². The van der Waals surface area contributed by atoms with Crippen molar-refractivity contribution in [1.29, 1.82) is 0 Å². The van der Waals surface area contributed by atoms with E-state index in [1.165, 1.54) is 6.07 Å². The number of aryl methyl sites for hydroxylation is 1. The zero-order valence-electron chi connectivity index (χ0n) is 19.8. The van der Waals surface area contributed by atoms with Crippen molar-refractivity contribution in [3.63, 3.8) is 0 Å². The summed E-state index contributed by atoms with van der Waals surface area (Å²) >= 11 is 0. The summed E-state index contributed by atoms with van der Waals surface area (Å²) in [6.07, 6.45) is 5.30. The van der Waals surface area contributed by atoms with Crippen LogP contribution in [0.4, 0.5) is 5.82 Å². The topological polar surface area (TPSA) is 118 Å². The van der Waals surface area contributed by atoms with Crippen LogP contribution in [-0.4, -0.2) is 55.3 Å². The van der Waals surface area contributed by atoms with Gasteiger partial charge in [0.25, 0.3) is 15.9 Å². The standard InChI is InChI=1S/C25H31N3O6S/c1-17-9-10-20(33-19-5-2-3-6-19)21(15-17)34-25(12-13-25)24(30)27-35(31,32)23-8-4-7-22(26-23)28-14-11-18(29)16-28/h4,7-10,15,18-19,29H,2-3,5-6,11-14,16H2,1H3,(H,27,30)/t18-/m0/s1. The van der Waals surface area contributed by atoms with E-state index in [4.69, 9.17) is 9.47 Å². The Kier molecular flexibility index (Phi) is 6.35. The van der Waals surface area contributed by atoms with Gasteiger partial charge < -0.3 is 19.5 Å². The van der Waals surface area contributed by atoms with Crippen molar-refractivity contribution in [2.45, 2.75) is 74.7 Å². The van der Waals surface area contributed by atoms with Crippen LogP contribution in [-0.2, 0) is 14.8 Å². The Morgan fingerprint density at radius 1 is 1.14 bits per heavy atom. The maximum Gasteiger partial charge on any atom is 0.281 e. The van der Waals surface area contributed by atoms with Crippen LogP contribution in [0.3, 0.4) is 0 Å². The normalized spacial score (nSPS) is 21.7. The molecule has 0 bridgehead atoms. The van der Waals surface area contributed by atoms with Gasteiger partial charge in [-0.1, -0.05) is 12.1 Å². The van der Waals surface area contributed by atoms with E-state index in [0.29, 0.717) is 49.7 Å². The number of hydrogen-bond donors (Lipinski definition) is 2. The average Bonchev–Trinajstić information content (AvgIpc) is 3.20. The van der Waals surface area contributed by atoms with Gasteiger partial charge in [-0.25, -0.2) is 9.71 Å². The maximum atomic E-state index is 13.1. The lowest BCUT2D eigenvalue weighted by atomic mass is 10.2. The first-order valence-corrected chi connectivity index (χ1v) is 13.7. The third-order valence-corrected chi connectivity index (χ3v) is 8.05. The Hall–Kier alpha value is -2.85. The Balaban J connectivity index is 1.31. The molecular weight excluding hydrogens is 470 g/mol. The third kappa shape index (κ3) is 5.23. The number of hydrogen-bond acceptors (Lipinski definition) is 8. The van der Waals surface area contributed by atoms with Crippen molar-refractivity contribution in [3.8, 4) is 11.5 Å². The molecule has 9 nitrogen and oxygen atoms in total. The van der Waals surface area contributed by atoms with Gasteiger partial charge in [-0.15, -0.1) is 0 Å². The largest absolute Gasteiger partial charge is 0.487 e. The number of anilines is 1. The Morgan fingerprint density at radius 3 is 2.60 bits per heavy atom. The smallest absolute Gasteiger partial charge is 0.281 e. The average molecular weight is 502 g/mol. The lowest BCUT2D eigenvalue weighted by molar-refractivity contribution is -0.128. The van der Waals surface area contributed by atoms with Crippen molar-refractivity contribution in [1.82, 2.24) is 9.71 Å². The fourth-order valence-electron chi connectivity index (χ4n) is 4.62.